The van der Waals surface area contributed by atoms with Gasteiger partial charge >= 0.3 is 0 Å². The van der Waals surface area contributed by atoms with Crippen molar-refractivity contribution in [2.45, 2.75) is 13.5 Å². The molecule has 18 heavy (non-hydrogen) atoms. The van der Waals surface area contributed by atoms with Crippen molar-refractivity contribution in [3.05, 3.63) is 47.5 Å². The molecule has 0 fully saturated rings. The van der Waals surface area contributed by atoms with Crippen LogP contribution in [0.15, 0.2) is 30.9 Å². The molecule has 0 aliphatic heterocycles. The summed E-state index contributed by atoms with van der Waals surface area (Å²) in [6, 6.07) is 5.43. The number of primary amides is 1. The second-order valence-corrected chi connectivity index (χ2v) is 4.25. The summed E-state index contributed by atoms with van der Waals surface area (Å²) in [7, 11) is 0. The highest BCUT2D eigenvalue weighted by Crippen LogP contribution is 2.13. The first-order valence-corrected chi connectivity index (χ1v) is 5.92. The Hall–Kier alpha value is -1.65. The second kappa shape index (κ2) is 6.93. The topological polar surface area (TPSA) is 66.6 Å². The number of hydrogen-bond donors (Lipinski definition) is 2. The number of nitrogens with two attached hydrogens (primary N) is 1. The molecule has 4 nitrogen and oxygen atoms in total. The fourth-order valence-electron chi connectivity index (χ4n) is 1.83. The van der Waals surface area contributed by atoms with Gasteiger partial charge in [-0.25, -0.2) is 0 Å². The van der Waals surface area contributed by atoms with Crippen LogP contribution < -0.4 is 5.73 Å². The van der Waals surface area contributed by atoms with Crippen LogP contribution in [0.1, 0.15) is 21.5 Å². The Labute approximate surface area is 108 Å². The lowest BCUT2D eigenvalue weighted by Gasteiger charge is -2.20. The first-order valence-electron chi connectivity index (χ1n) is 5.92. The summed E-state index contributed by atoms with van der Waals surface area (Å²) in [5.41, 5.74) is 7.90. The third-order valence-electron chi connectivity index (χ3n) is 2.82. The van der Waals surface area contributed by atoms with Gasteiger partial charge in [0, 0.05) is 25.2 Å². The van der Waals surface area contributed by atoms with Crippen molar-refractivity contribution in [1.29, 1.82) is 0 Å². The van der Waals surface area contributed by atoms with Crippen molar-refractivity contribution in [3.8, 4) is 0 Å². The zero-order chi connectivity index (χ0) is 13.5. The maximum absolute atomic E-state index is 11.1. The largest absolute Gasteiger partial charge is 0.395 e. The van der Waals surface area contributed by atoms with Gasteiger partial charge in [0.1, 0.15) is 0 Å². The number of nitrogens with zero attached hydrogens (tertiary/aromatic N) is 1. The van der Waals surface area contributed by atoms with E-state index in [0.29, 0.717) is 12.1 Å². The van der Waals surface area contributed by atoms with E-state index in [1.807, 2.05) is 19.1 Å². The summed E-state index contributed by atoms with van der Waals surface area (Å²) in [5, 5.41) is 8.99. The summed E-state index contributed by atoms with van der Waals surface area (Å²) in [6.07, 6.45) is 1.81. The van der Waals surface area contributed by atoms with Crippen LogP contribution in [0.25, 0.3) is 0 Å². The van der Waals surface area contributed by atoms with Crippen molar-refractivity contribution in [2.24, 2.45) is 5.73 Å². The smallest absolute Gasteiger partial charge is 0.248 e. The van der Waals surface area contributed by atoms with Crippen LogP contribution >= 0.6 is 0 Å². The number of rotatable bonds is 7. The monoisotopic (exact) mass is 248 g/mol. The molecule has 0 bridgehead atoms. The summed E-state index contributed by atoms with van der Waals surface area (Å²) in [4.78, 5) is 13.1. The molecule has 98 valence electrons. The Morgan fingerprint density at radius 2 is 2.28 bits per heavy atom. The van der Waals surface area contributed by atoms with E-state index in [1.54, 1.807) is 12.1 Å². The van der Waals surface area contributed by atoms with Gasteiger partial charge in [-0.2, -0.15) is 0 Å². The highest BCUT2D eigenvalue weighted by Gasteiger charge is 2.08. The summed E-state index contributed by atoms with van der Waals surface area (Å²) >= 11 is 0. The summed E-state index contributed by atoms with van der Waals surface area (Å²) in [6.45, 7) is 7.81. The molecule has 1 amide bonds. The molecule has 0 radical (unpaired) electrons. The van der Waals surface area contributed by atoms with Gasteiger partial charge in [0.25, 0.3) is 0 Å². The zero-order valence-corrected chi connectivity index (χ0v) is 10.7. The van der Waals surface area contributed by atoms with E-state index < -0.39 is 5.91 Å². The van der Waals surface area contributed by atoms with Crippen LogP contribution in [0, 0.1) is 6.92 Å². The maximum atomic E-state index is 11.1. The van der Waals surface area contributed by atoms with Gasteiger partial charge in [0.05, 0.1) is 6.61 Å². The highest BCUT2D eigenvalue weighted by molar-refractivity contribution is 5.93. The molecule has 0 unspecified atom stereocenters. The lowest BCUT2D eigenvalue weighted by atomic mass is 10.0. The average molecular weight is 248 g/mol. The predicted octanol–water partition coefficient (Wildman–Crippen LogP) is 1.07. The van der Waals surface area contributed by atoms with Crippen LogP contribution in [0.2, 0.25) is 0 Å². The quantitative estimate of drug-likeness (QED) is 0.709. The number of carbonyl (C=O) groups is 1. The van der Waals surface area contributed by atoms with Gasteiger partial charge in [-0.05, 0) is 30.2 Å². The lowest BCUT2D eigenvalue weighted by molar-refractivity contribution is 0.1000. The van der Waals surface area contributed by atoms with Crippen LogP contribution in [-0.2, 0) is 6.54 Å². The fourth-order valence-corrected chi connectivity index (χ4v) is 1.83. The van der Waals surface area contributed by atoms with Gasteiger partial charge in [-0.3, -0.25) is 9.69 Å². The number of carbonyl (C=O) groups excluding carboxylic acids is 1. The molecule has 0 aromatic heterocycles. The van der Waals surface area contributed by atoms with E-state index in [9.17, 15) is 4.79 Å². The van der Waals surface area contributed by atoms with Crippen molar-refractivity contribution < 1.29 is 9.90 Å². The number of aliphatic hydroxyl groups excluding tert-OH is 1. The molecule has 0 saturated carbocycles. The van der Waals surface area contributed by atoms with Gasteiger partial charge in [0.15, 0.2) is 0 Å². The third kappa shape index (κ3) is 3.98. The van der Waals surface area contributed by atoms with E-state index in [0.717, 1.165) is 24.2 Å². The molecule has 0 aliphatic carbocycles. The standard InChI is InChI=1S/C14H20N2O2/c1-3-6-16(7-8-17)10-13-5-4-12(14(15)18)9-11(13)2/h3-5,9,17H,1,6-8,10H2,2H3,(H2,15,18). The van der Waals surface area contributed by atoms with Crippen LogP contribution in [0.4, 0.5) is 0 Å². The normalized spacial score (nSPS) is 10.6. The number of hydrogen-bond acceptors (Lipinski definition) is 3. The van der Waals surface area contributed by atoms with Gasteiger partial charge in [0.2, 0.25) is 5.91 Å². The van der Waals surface area contributed by atoms with E-state index in [4.69, 9.17) is 10.8 Å². The molecule has 1 aromatic carbocycles. The van der Waals surface area contributed by atoms with Gasteiger partial charge in [-0.1, -0.05) is 12.1 Å². The number of aliphatic hydroxyl groups is 1. The Morgan fingerprint density at radius 3 is 2.78 bits per heavy atom. The van der Waals surface area contributed by atoms with Gasteiger partial charge < -0.3 is 10.8 Å². The summed E-state index contributed by atoms with van der Waals surface area (Å²) in [5.74, 6) is -0.414. The Balaban J connectivity index is 2.82. The Morgan fingerprint density at radius 1 is 1.56 bits per heavy atom. The molecule has 1 aromatic rings. The van der Waals surface area contributed by atoms with Crippen molar-refractivity contribution in [1.82, 2.24) is 4.90 Å². The summed E-state index contributed by atoms with van der Waals surface area (Å²) < 4.78 is 0. The molecule has 0 heterocycles. The minimum absolute atomic E-state index is 0.117. The molecular formula is C14H20N2O2. The van der Waals surface area contributed by atoms with Crippen LogP contribution in [0.5, 0.6) is 0 Å². The first-order chi connectivity index (χ1) is 8.58. The number of amides is 1. The molecular weight excluding hydrogens is 228 g/mol. The van der Waals surface area contributed by atoms with Crippen molar-refractivity contribution >= 4 is 5.91 Å². The predicted molar refractivity (Wildman–Crippen MR) is 72.3 cm³/mol. The van der Waals surface area contributed by atoms with Crippen molar-refractivity contribution in [2.75, 3.05) is 19.7 Å². The molecule has 3 N–H and O–H groups in total. The van der Waals surface area contributed by atoms with Gasteiger partial charge in [-0.15, -0.1) is 6.58 Å². The maximum Gasteiger partial charge on any atom is 0.248 e. The number of benzene rings is 1. The second-order valence-electron chi connectivity index (χ2n) is 4.25. The Bertz CT molecular complexity index is 430. The highest BCUT2D eigenvalue weighted by atomic mass is 16.3. The number of aryl methyl sites for hydroxylation is 1. The average Bonchev–Trinajstić information content (AvgIpc) is 2.32. The van der Waals surface area contributed by atoms with Crippen molar-refractivity contribution in [3.63, 3.8) is 0 Å². The Kier molecular flexibility index (Phi) is 5.55. The molecule has 0 atom stereocenters. The van der Waals surface area contributed by atoms with E-state index in [1.165, 1.54) is 0 Å². The molecule has 0 aliphatic rings. The van der Waals surface area contributed by atoms with E-state index in [2.05, 4.69) is 11.5 Å². The molecule has 4 heteroatoms. The third-order valence-corrected chi connectivity index (χ3v) is 2.82. The minimum atomic E-state index is -0.414. The van der Waals surface area contributed by atoms with Crippen LogP contribution in [0.3, 0.4) is 0 Å². The SMILES string of the molecule is C=CCN(CCO)Cc1ccc(C(N)=O)cc1C. The molecule has 0 saturated heterocycles. The fraction of sp³-hybridized carbons (Fsp3) is 0.357. The zero-order valence-electron chi connectivity index (χ0n) is 10.7. The van der Waals surface area contributed by atoms with E-state index in [-0.39, 0.29) is 6.61 Å². The van der Waals surface area contributed by atoms with E-state index >= 15 is 0 Å². The van der Waals surface area contributed by atoms with Crippen LogP contribution in [-0.4, -0.2) is 35.6 Å². The lowest BCUT2D eigenvalue weighted by Crippen LogP contribution is -2.27. The first kappa shape index (κ1) is 14.4. The molecule has 0 spiro atoms. The minimum Gasteiger partial charge on any atom is -0.395 e. The molecule has 1 rings (SSSR count).